The van der Waals surface area contributed by atoms with Crippen LogP contribution in [0.3, 0.4) is 0 Å². The summed E-state index contributed by atoms with van der Waals surface area (Å²) in [5.41, 5.74) is 0.822. The highest BCUT2D eigenvalue weighted by Gasteiger charge is 2.44. The zero-order valence-electron chi connectivity index (χ0n) is 19.1. The minimum absolute atomic E-state index is 0.119. The zero-order valence-corrected chi connectivity index (χ0v) is 19.9. The van der Waals surface area contributed by atoms with Crippen molar-refractivity contribution in [2.24, 2.45) is 0 Å². The lowest BCUT2D eigenvalue weighted by atomic mass is 9.95. The number of likely N-dealkylation sites (tertiary alicyclic amines) is 1. The van der Waals surface area contributed by atoms with Crippen molar-refractivity contribution in [2.75, 3.05) is 39.9 Å². The molecule has 0 saturated carbocycles. The van der Waals surface area contributed by atoms with Gasteiger partial charge in [0.2, 0.25) is 5.78 Å². The van der Waals surface area contributed by atoms with E-state index in [1.165, 1.54) is 11.3 Å². The van der Waals surface area contributed by atoms with Crippen LogP contribution < -0.4 is 9.47 Å². The molecule has 1 unspecified atom stereocenters. The fraction of sp³-hybridized carbons (Fsp3) is 0.440. The first kappa shape index (κ1) is 23.3. The summed E-state index contributed by atoms with van der Waals surface area (Å²) in [5.74, 6) is -0.165. The lowest BCUT2D eigenvalue weighted by molar-refractivity contribution is -0.129. The molecule has 2 aliphatic rings. The van der Waals surface area contributed by atoms with Gasteiger partial charge < -0.3 is 24.4 Å². The number of aliphatic hydroxyl groups excluding tert-OH is 1. The van der Waals surface area contributed by atoms with E-state index < -0.39 is 17.7 Å². The van der Waals surface area contributed by atoms with Crippen LogP contribution in [-0.2, 0) is 4.79 Å². The van der Waals surface area contributed by atoms with Crippen molar-refractivity contribution in [1.82, 2.24) is 9.80 Å². The largest absolute Gasteiger partial charge is 0.503 e. The number of carbonyl (C=O) groups excluding carboxylic acids is 2. The number of Topliss-reactive ketones (excluding diaryl/α,β-unsaturated/α-hetero) is 1. The first-order valence-corrected chi connectivity index (χ1v) is 12.3. The van der Waals surface area contributed by atoms with E-state index in [4.69, 9.17) is 9.47 Å². The Morgan fingerprint density at radius 2 is 1.97 bits per heavy atom. The van der Waals surface area contributed by atoms with E-state index in [1.807, 2.05) is 18.4 Å². The number of methoxy groups -OCH3 is 1. The van der Waals surface area contributed by atoms with Crippen LogP contribution in [0.2, 0.25) is 0 Å². The van der Waals surface area contributed by atoms with E-state index in [1.54, 1.807) is 36.3 Å². The highest BCUT2D eigenvalue weighted by Crippen LogP contribution is 2.42. The van der Waals surface area contributed by atoms with Crippen molar-refractivity contribution in [3.63, 3.8) is 0 Å². The Morgan fingerprint density at radius 1 is 1.18 bits per heavy atom. The lowest BCUT2D eigenvalue weighted by Gasteiger charge is -2.29. The van der Waals surface area contributed by atoms with Gasteiger partial charge in [0.05, 0.1) is 30.2 Å². The van der Waals surface area contributed by atoms with Crippen LogP contribution in [0.1, 0.15) is 47.5 Å². The maximum absolute atomic E-state index is 13.4. The normalized spacial score (nSPS) is 18.9. The summed E-state index contributed by atoms with van der Waals surface area (Å²) in [6, 6.07) is 8.25. The fourth-order valence-electron chi connectivity index (χ4n) is 4.44. The molecule has 0 aliphatic carbocycles. The number of rotatable bonds is 10. The molecule has 0 radical (unpaired) electrons. The SMILES string of the molecule is CCCOc1ccc(C2C(C(=O)c3cccs3)=C(O)C(=O)N2CCN2CCCC2)cc1OC. The molecule has 1 saturated heterocycles. The van der Waals surface area contributed by atoms with Gasteiger partial charge in [-0.25, -0.2) is 0 Å². The molecule has 33 heavy (non-hydrogen) atoms. The fourth-order valence-corrected chi connectivity index (χ4v) is 5.12. The highest BCUT2D eigenvalue weighted by atomic mass is 32.1. The third kappa shape index (κ3) is 4.77. The van der Waals surface area contributed by atoms with Crippen molar-refractivity contribution in [3.8, 4) is 11.5 Å². The molecule has 0 spiro atoms. The maximum Gasteiger partial charge on any atom is 0.290 e. The van der Waals surface area contributed by atoms with Gasteiger partial charge in [0.15, 0.2) is 17.3 Å². The molecule has 2 aliphatic heterocycles. The first-order chi connectivity index (χ1) is 16.0. The smallest absolute Gasteiger partial charge is 0.290 e. The second-order valence-corrected chi connectivity index (χ2v) is 9.22. The summed E-state index contributed by atoms with van der Waals surface area (Å²) in [4.78, 5) is 30.9. The molecule has 3 heterocycles. The van der Waals surface area contributed by atoms with Crippen LogP contribution in [0.5, 0.6) is 11.5 Å². The molecule has 1 fully saturated rings. The molecule has 176 valence electrons. The number of thiophene rings is 1. The third-order valence-electron chi connectivity index (χ3n) is 6.11. The average molecular weight is 471 g/mol. The molecule has 2 aromatic rings. The van der Waals surface area contributed by atoms with Gasteiger partial charge in [-0.15, -0.1) is 11.3 Å². The molecule has 1 aromatic heterocycles. The number of aliphatic hydroxyl groups is 1. The molecular formula is C25H30N2O5S. The number of benzene rings is 1. The Hall–Kier alpha value is -2.84. The van der Waals surface area contributed by atoms with Gasteiger partial charge in [-0.3, -0.25) is 9.59 Å². The minimum atomic E-state index is -0.691. The molecule has 1 N–H and O–H groups in total. The quantitative estimate of drug-likeness (QED) is 0.524. The van der Waals surface area contributed by atoms with Crippen molar-refractivity contribution in [1.29, 1.82) is 0 Å². The summed E-state index contributed by atoms with van der Waals surface area (Å²) in [6.45, 7) is 5.71. The van der Waals surface area contributed by atoms with Crippen molar-refractivity contribution >= 4 is 23.0 Å². The topological polar surface area (TPSA) is 79.3 Å². The molecule has 1 aromatic carbocycles. The molecule has 7 nitrogen and oxygen atoms in total. The third-order valence-corrected chi connectivity index (χ3v) is 6.98. The van der Waals surface area contributed by atoms with E-state index in [0.717, 1.165) is 32.4 Å². The second-order valence-electron chi connectivity index (χ2n) is 8.28. The van der Waals surface area contributed by atoms with Crippen molar-refractivity contribution < 1.29 is 24.2 Å². The van der Waals surface area contributed by atoms with Gasteiger partial charge in [-0.05, 0) is 61.5 Å². The van der Waals surface area contributed by atoms with E-state index in [2.05, 4.69) is 4.90 Å². The minimum Gasteiger partial charge on any atom is -0.503 e. The Labute approximate surface area is 198 Å². The predicted octanol–water partition coefficient (Wildman–Crippen LogP) is 4.22. The Bertz CT molecular complexity index is 1030. The average Bonchev–Trinajstić information content (AvgIpc) is 3.59. The monoisotopic (exact) mass is 470 g/mol. The highest BCUT2D eigenvalue weighted by molar-refractivity contribution is 7.12. The molecule has 0 bridgehead atoms. The Balaban J connectivity index is 1.71. The predicted molar refractivity (Wildman–Crippen MR) is 127 cm³/mol. The standard InChI is InChI=1S/C25H30N2O5S/c1-3-14-32-18-9-8-17(16-19(18)31-2)22-21(23(28)20-7-6-15-33-20)24(29)25(30)27(22)13-12-26-10-4-5-11-26/h6-9,15-16,22,29H,3-5,10-14H2,1-2H3. The van der Waals surface area contributed by atoms with E-state index in [9.17, 15) is 14.7 Å². The Morgan fingerprint density at radius 3 is 2.64 bits per heavy atom. The maximum atomic E-state index is 13.4. The van der Waals surface area contributed by atoms with Crippen LogP contribution in [0.15, 0.2) is 47.0 Å². The number of hydrogen-bond donors (Lipinski definition) is 1. The summed E-state index contributed by atoms with van der Waals surface area (Å²) >= 11 is 1.29. The number of nitrogens with zero attached hydrogens (tertiary/aromatic N) is 2. The number of amides is 1. The summed E-state index contributed by atoms with van der Waals surface area (Å²) in [5, 5.41) is 12.6. The van der Waals surface area contributed by atoms with Gasteiger partial charge in [-0.2, -0.15) is 0 Å². The van der Waals surface area contributed by atoms with Crippen molar-refractivity contribution in [3.05, 3.63) is 57.5 Å². The van der Waals surface area contributed by atoms with Crippen LogP contribution >= 0.6 is 11.3 Å². The number of hydrogen-bond acceptors (Lipinski definition) is 7. The molecule has 4 rings (SSSR count). The first-order valence-electron chi connectivity index (χ1n) is 11.4. The second kappa shape index (κ2) is 10.4. The summed E-state index contributed by atoms with van der Waals surface area (Å²) in [6.07, 6.45) is 3.17. The lowest BCUT2D eigenvalue weighted by Crippen LogP contribution is -2.37. The van der Waals surface area contributed by atoms with Gasteiger partial charge in [0.25, 0.3) is 5.91 Å². The van der Waals surface area contributed by atoms with Crippen LogP contribution in [0, 0.1) is 0 Å². The van der Waals surface area contributed by atoms with Gasteiger partial charge in [-0.1, -0.05) is 19.1 Å². The van der Waals surface area contributed by atoms with Crippen molar-refractivity contribution in [2.45, 2.75) is 32.2 Å². The number of carbonyl (C=O) groups is 2. The van der Waals surface area contributed by atoms with E-state index in [0.29, 0.717) is 41.6 Å². The number of ether oxygens (including phenoxy) is 2. The molecular weight excluding hydrogens is 440 g/mol. The summed E-state index contributed by atoms with van der Waals surface area (Å²) < 4.78 is 11.3. The Kier molecular flexibility index (Phi) is 7.35. The number of ketones is 1. The molecule has 1 atom stereocenters. The van der Waals surface area contributed by atoms with Gasteiger partial charge in [0, 0.05) is 13.1 Å². The zero-order chi connectivity index (χ0) is 23.4. The van der Waals surface area contributed by atoms with Crippen LogP contribution in [0.25, 0.3) is 0 Å². The molecule has 1 amide bonds. The summed E-state index contributed by atoms with van der Waals surface area (Å²) in [7, 11) is 1.56. The van der Waals surface area contributed by atoms with Gasteiger partial charge >= 0.3 is 0 Å². The molecule has 8 heteroatoms. The van der Waals surface area contributed by atoms with Crippen LogP contribution in [-0.4, -0.2) is 66.5 Å². The van der Waals surface area contributed by atoms with Crippen LogP contribution in [0.4, 0.5) is 0 Å². The van der Waals surface area contributed by atoms with E-state index in [-0.39, 0.29) is 11.4 Å². The van der Waals surface area contributed by atoms with E-state index >= 15 is 0 Å². The van der Waals surface area contributed by atoms with Gasteiger partial charge in [0.1, 0.15) is 0 Å².